The summed E-state index contributed by atoms with van der Waals surface area (Å²) in [5.74, 6) is 1.98. The molecule has 0 spiro atoms. The Morgan fingerprint density at radius 2 is 0.892 bits per heavy atom. The van der Waals surface area contributed by atoms with E-state index in [2.05, 4.69) is 57.4 Å². The van der Waals surface area contributed by atoms with Crippen LogP contribution in [0.4, 0.5) is 23.8 Å². The predicted octanol–water partition coefficient (Wildman–Crippen LogP) is 9.00. The fourth-order valence-electron chi connectivity index (χ4n) is 18.3. The third-order valence-corrected chi connectivity index (χ3v) is 25.6. The Bertz CT molecular complexity index is 7250. The second-order valence-electron chi connectivity index (χ2n) is 34.7. The number of benzene rings is 3. The van der Waals surface area contributed by atoms with Gasteiger partial charge in [-0.2, -0.15) is 20.4 Å². The molecule has 4 aliphatic carbocycles. The molecule has 0 bridgehead atoms. The van der Waals surface area contributed by atoms with Crippen molar-refractivity contribution in [2.24, 2.45) is 18.0 Å². The zero-order chi connectivity index (χ0) is 89.3. The Hall–Kier alpha value is -14.8. The number of aryl methyl sites for hydroxylation is 1. The second-order valence-corrected chi connectivity index (χ2v) is 34.7. The van der Waals surface area contributed by atoms with E-state index in [0.29, 0.717) is 134 Å². The Balaban J connectivity index is 0.000000105. The summed E-state index contributed by atoms with van der Waals surface area (Å²) in [5.41, 5.74) is 14.5. The van der Waals surface area contributed by atoms with E-state index in [1.165, 1.54) is 22.1 Å². The van der Waals surface area contributed by atoms with Crippen molar-refractivity contribution in [1.29, 1.82) is 0 Å². The highest BCUT2D eigenvalue weighted by molar-refractivity contribution is 6.00. The number of nitrogens with one attached hydrogen (secondary N) is 1. The van der Waals surface area contributed by atoms with E-state index in [0.717, 1.165) is 162 Å². The van der Waals surface area contributed by atoms with Gasteiger partial charge in [0, 0.05) is 168 Å². The minimum absolute atomic E-state index is 0.0130. The zero-order valence-corrected chi connectivity index (χ0v) is 73.2. The first-order valence-corrected chi connectivity index (χ1v) is 44.2. The van der Waals surface area contributed by atoms with Crippen molar-refractivity contribution in [2.75, 3.05) is 85.7 Å². The molecular formula is C92H95N29O9. The van der Waals surface area contributed by atoms with Crippen LogP contribution < -0.4 is 36.3 Å². The zero-order valence-electron chi connectivity index (χ0n) is 73.2. The van der Waals surface area contributed by atoms with Crippen LogP contribution in [0.5, 0.6) is 0 Å². The standard InChI is InChI=1S/C27H30N8O3.C22H21N7O2.C22H25N7O2.C21H19N7O2/c1-18(36)33-10-11-34-25(24(29-27(33)34)23-6-7-35(30-23)20-3-4-20)19-2-5-22-21(16-19)26(37)32(17-28-22)9-8-31-12-14-38-15-13-31;1-13(30)27-9-10-28-20(14-3-6-17-16(11-14)21(31)26(2)12-23-17)19(24-22(27)28)18-7-8-29(25-18)15-4-5-15;1-13(2)29-8-7-18(25-29)19-20(28-10-9-27(14(3)30)22(28)24-19)15-5-6-17-16(11-15)21(31)26(4)12-23-17;1-12(29)26-8-9-27-19(13-2-5-16-15(10-13)20(30)23-11-22-16)18(24-21(26)27)17-6-7-28(25-17)14-3-4-14/h2,5-7,16-17,20H,3-4,8-15H2,1H3;3,6-8,11-12,15H,4-5,9-10H2,1-2H3;5-8,11-13,16-17H,9-10H2,1-4H3;2,5-7,10-11,14H,3-4,8-9H2,1H3,(H,22,23,30). The molecule has 11 aromatic heterocycles. The number of imidazole rings is 4. The molecule has 1 saturated heterocycles. The van der Waals surface area contributed by atoms with E-state index < -0.39 is 0 Å². The lowest BCUT2D eigenvalue weighted by Gasteiger charge is -2.29. The minimum Gasteiger partial charge on any atom is -0.379 e. The Kier molecular flexibility index (Phi) is 20.7. The number of morpholine rings is 1. The highest BCUT2D eigenvalue weighted by Crippen LogP contribution is 2.46. The first-order chi connectivity index (χ1) is 63.0. The number of rotatable bonds is 15. The molecule has 3 aromatic carbocycles. The number of aromatic amines is 1. The summed E-state index contributed by atoms with van der Waals surface area (Å²) >= 11 is 0. The minimum atomic E-state index is -0.354. The number of allylic oxidation sites excluding steroid dienone is 2. The van der Waals surface area contributed by atoms with Crippen LogP contribution in [0.25, 0.3) is 118 Å². The predicted molar refractivity (Wildman–Crippen MR) is 486 cm³/mol. The summed E-state index contributed by atoms with van der Waals surface area (Å²) in [6.45, 7) is 19.8. The van der Waals surface area contributed by atoms with Gasteiger partial charge in [0.05, 0.1) is 124 Å². The highest BCUT2D eigenvalue weighted by Gasteiger charge is 2.40. The van der Waals surface area contributed by atoms with Gasteiger partial charge in [-0.3, -0.25) is 91.1 Å². The van der Waals surface area contributed by atoms with Gasteiger partial charge in [0.25, 0.3) is 16.7 Å². The molecule has 2 atom stereocenters. The SMILES string of the molecule is CC(=O)N1CCn2c1nc(-c1ccn(C(C)C)n1)c2C1=CC2C(=O)N(C)C=NC2C=C1.CC(=O)N1CCn2c1nc(-c1ccn(C3CC3)n1)c2-c1ccc2nc[nH]c(=O)c2c1.CC(=O)N1CCn2c1nc(-c1ccn(C3CC3)n1)c2-c1ccc2ncn(C)c(=O)c2c1.CC(=O)N1CCn2c1nc(-c1ccn(C3CC3)n1)c2-c1ccc2ncn(CCN3CCOCC3)c(=O)c2c1. The van der Waals surface area contributed by atoms with Crippen molar-refractivity contribution in [1.82, 2.24) is 116 Å². The number of carbonyl (C=O) groups excluding carboxylic acids is 5. The number of anilines is 4. The number of H-pyrrole nitrogens is 1. The fraction of sp³-hybridized carbons (Fsp3) is 0.370. The maximum Gasteiger partial charge on any atom is 0.261 e. The molecule has 14 aromatic rings. The lowest BCUT2D eigenvalue weighted by Crippen LogP contribution is -2.41. The van der Waals surface area contributed by atoms with E-state index in [1.54, 1.807) is 78.6 Å². The maximum absolute atomic E-state index is 13.5. The van der Waals surface area contributed by atoms with Crippen LogP contribution in [0.2, 0.25) is 0 Å². The van der Waals surface area contributed by atoms with Crippen molar-refractivity contribution in [3.8, 4) is 79.3 Å². The van der Waals surface area contributed by atoms with Crippen LogP contribution in [0.1, 0.15) is 110 Å². The van der Waals surface area contributed by atoms with Crippen molar-refractivity contribution >= 4 is 97.9 Å². The van der Waals surface area contributed by atoms with Crippen LogP contribution in [-0.4, -0.2) is 224 Å². The van der Waals surface area contributed by atoms with E-state index in [9.17, 15) is 38.4 Å². The third kappa shape index (κ3) is 15.0. The Morgan fingerprint density at radius 3 is 1.35 bits per heavy atom. The van der Waals surface area contributed by atoms with Crippen molar-refractivity contribution in [3.05, 3.63) is 178 Å². The van der Waals surface area contributed by atoms with Crippen molar-refractivity contribution in [2.45, 2.75) is 143 Å². The van der Waals surface area contributed by atoms with Gasteiger partial charge in [-0.25, -0.2) is 34.9 Å². The van der Waals surface area contributed by atoms with E-state index in [-0.39, 0.29) is 64.2 Å². The lowest BCUT2D eigenvalue weighted by molar-refractivity contribution is -0.129. The van der Waals surface area contributed by atoms with Gasteiger partial charge in [0.15, 0.2) is 0 Å². The molecule has 17 heterocycles. The number of ether oxygens (including phenoxy) is 1. The van der Waals surface area contributed by atoms with Crippen LogP contribution in [0.3, 0.4) is 0 Å². The molecule has 3 saturated carbocycles. The molecular weight excluding hydrogens is 1660 g/mol. The summed E-state index contributed by atoms with van der Waals surface area (Å²) in [5, 5.41) is 20.7. The number of amides is 5. The summed E-state index contributed by atoms with van der Waals surface area (Å²) < 4.78 is 24.7. The van der Waals surface area contributed by atoms with Crippen molar-refractivity contribution < 1.29 is 28.7 Å². The topological polar surface area (TPSA) is 384 Å². The van der Waals surface area contributed by atoms with Gasteiger partial charge in [-0.15, -0.1) is 0 Å². The molecule has 130 heavy (non-hydrogen) atoms. The summed E-state index contributed by atoms with van der Waals surface area (Å²) in [4.78, 5) is 150. The van der Waals surface area contributed by atoms with Crippen LogP contribution in [-0.2, 0) is 68.5 Å². The molecule has 0 radical (unpaired) electrons. The van der Waals surface area contributed by atoms with Crippen LogP contribution in [0, 0.1) is 5.92 Å². The molecule has 2 unspecified atom stereocenters. The van der Waals surface area contributed by atoms with E-state index in [4.69, 9.17) is 45.1 Å². The average Bonchev–Trinajstić information content (AvgIpc) is 1.59. The smallest absolute Gasteiger partial charge is 0.261 e. The summed E-state index contributed by atoms with van der Waals surface area (Å²) in [6, 6.07) is 26.4. The van der Waals surface area contributed by atoms with E-state index in [1.807, 2.05) is 145 Å². The van der Waals surface area contributed by atoms with Gasteiger partial charge in [0.2, 0.25) is 53.3 Å². The van der Waals surface area contributed by atoms with Gasteiger partial charge in [-0.1, -0.05) is 36.4 Å². The molecule has 38 nitrogen and oxygen atoms in total. The fourth-order valence-corrected chi connectivity index (χ4v) is 18.3. The summed E-state index contributed by atoms with van der Waals surface area (Å²) in [6.07, 6.45) is 26.9. The van der Waals surface area contributed by atoms with E-state index >= 15 is 0 Å². The molecule has 1 N–H and O–H groups in total. The third-order valence-electron chi connectivity index (χ3n) is 25.6. The maximum atomic E-state index is 13.5. The molecule has 6 aliphatic heterocycles. The normalized spacial score (nSPS) is 17.9. The quantitative estimate of drug-likeness (QED) is 0.0999. The monoisotopic (exact) mass is 1750 g/mol. The molecule has 4 fully saturated rings. The number of aromatic nitrogens is 22. The van der Waals surface area contributed by atoms with Gasteiger partial charge >= 0.3 is 0 Å². The summed E-state index contributed by atoms with van der Waals surface area (Å²) in [7, 11) is 3.41. The molecule has 24 rings (SSSR count). The number of aliphatic imine (C=N–C) groups is 1. The first-order valence-electron chi connectivity index (χ1n) is 44.2. The highest BCUT2D eigenvalue weighted by atomic mass is 16.5. The van der Waals surface area contributed by atoms with Crippen molar-refractivity contribution in [3.63, 3.8) is 0 Å². The molecule has 10 aliphatic rings. The molecule has 38 heteroatoms. The first kappa shape index (κ1) is 82.2. The van der Waals surface area contributed by atoms with Gasteiger partial charge in [0.1, 0.15) is 45.6 Å². The van der Waals surface area contributed by atoms with Gasteiger partial charge < -0.3 is 37.5 Å². The van der Waals surface area contributed by atoms with Crippen LogP contribution in [0.15, 0.2) is 160 Å². The number of hydrogen-bond acceptors (Lipinski definition) is 22. The average molecular weight is 1750 g/mol. The Labute approximate surface area is 742 Å². The second kappa shape index (κ2) is 32.8. The molecule has 662 valence electrons. The molecule has 5 amide bonds. The lowest BCUT2D eigenvalue weighted by atomic mass is 9.88. The largest absolute Gasteiger partial charge is 0.379 e. The number of hydrogen-bond donors (Lipinski definition) is 1. The van der Waals surface area contributed by atoms with Gasteiger partial charge in [-0.05, 0) is 119 Å². The number of nitrogens with zero attached hydrogens (tertiary/aromatic N) is 28. The Morgan fingerprint density at radius 1 is 0.469 bits per heavy atom. The number of fused-ring (bicyclic) bond motifs is 8. The van der Waals surface area contributed by atoms with Crippen LogP contribution >= 0.6 is 0 Å². The number of carbonyl (C=O) groups is 5.